The second kappa shape index (κ2) is 7.42. The van der Waals surface area contributed by atoms with Gasteiger partial charge in [-0.25, -0.2) is 4.39 Å². The van der Waals surface area contributed by atoms with E-state index in [1.807, 2.05) is 32.0 Å². The molecule has 120 valence electrons. The topological polar surface area (TPSA) is 46.2 Å². The predicted octanol–water partition coefficient (Wildman–Crippen LogP) is 4.38. The van der Waals surface area contributed by atoms with Crippen molar-refractivity contribution in [1.29, 1.82) is 0 Å². The van der Waals surface area contributed by atoms with Crippen molar-refractivity contribution in [1.82, 2.24) is 0 Å². The van der Waals surface area contributed by atoms with Crippen molar-refractivity contribution in [3.8, 4) is 0 Å². The molecule has 23 heavy (non-hydrogen) atoms. The number of rotatable bonds is 5. The number of Topliss-reactive ketones (excluding diaryl/α,β-unsaturated/α-hetero) is 1. The van der Waals surface area contributed by atoms with Gasteiger partial charge in [-0.05, 0) is 50.1 Å². The third-order valence-electron chi connectivity index (χ3n) is 3.36. The highest BCUT2D eigenvalue weighted by molar-refractivity contribution is 8.00. The number of benzene rings is 2. The number of hydrogen-bond donors (Lipinski definition) is 1. The number of thioether (sulfide) groups is 1. The van der Waals surface area contributed by atoms with Crippen molar-refractivity contribution >= 4 is 29.1 Å². The van der Waals surface area contributed by atoms with Crippen LogP contribution in [0.1, 0.15) is 28.4 Å². The summed E-state index contributed by atoms with van der Waals surface area (Å²) >= 11 is 1.11. The van der Waals surface area contributed by atoms with E-state index >= 15 is 0 Å². The van der Waals surface area contributed by atoms with Crippen molar-refractivity contribution in [2.45, 2.75) is 25.7 Å². The van der Waals surface area contributed by atoms with Gasteiger partial charge in [0.25, 0.3) is 0 Å². The minimum atomic E-state index is -0.484. The summed E-state index contributed by atoms with van der Waals surface area (Å²) in [7, 11) is 0. The van der Waals surface area contributed by atoms with E-state index in [1.54, 1.807) is 6.07 Å². The van der Waals surface area contributed by atoms with Crippen molar-refractivity contribution in [3.63, 3.8) is 0 Å². The van der Waals surface area contributed by atoms with Crippen LogP contribution in [0.3, 0.4) is 0 Å². The van der Waals surface area contributed by atoms with Crippen molar-refractivity contribution in [3.05, 3.63) is 58.9 Å². The third-order valence-corrected chi connectivity index (χ3v) is 4.41. The minimum Gasteiger partial charge on any atom is -0.325 e. The summed E-state index contributed by atoms with van der Waals surface area (Å²) in [4.78, 5) is 23.6. The summed E-state index contributed by atoms with van der Waals surface area (Å²) in [6.45, 7) is 5.26. The van der Waals surface area contributed by atoms with Gasteiger partial charge in [0.15, 0.2) is 5.78 Å². The van der Waals surface area contributed by atoms with Crippen LogP contribution in [-0.4, -0.2) is 17.4 Å². The quantitative estimate of drug-likeness (QED) is 0.653. The molecule has 1 amide bonds. The molecule has 0 spiro atoms. The van der Waals surface area contributed by atoms with E-state index in [0.717, 1.165) is 28.6 Å². The predicted molar refractivity (Wildman–Crippen MR) is 91.7 cm³/mol. The number of ketones is 1. The summed E-state index contributed by atoms with van der Waals surface area (Å²) in [6, 6.07) is 10.1. The molecule has 0 aliphatic carbocycles. The second-order valence-electron chi connectivity index (χ2n) is 5.36. The van der Waals surface area contributed by atoms with Gasteiger partial charge in [0.2, 0.25) is 5.91 Å². The van der Waals surface area contributed by atoms with Gasteiger partial charge in [-0.1, -0.05) is 18.2 Å². The molecular weight excluding hydrogens is 313 g/mol. The van der Waals surface area contributed by atoms with E-state index in [1.165, 1.54) is 19.1 Å². The second-order valence-corrected chi connectivity index (χ2v) is 6.37. The summed E-state index contributed by atoms with van der Waals surface area (Å²) < 4.78 is 13.9. The first-order valence-electron chi connectivity index (χ1n) is 7.17. The Morgan fingerprint density at radius 3 is 2.52 bits per heavy atom. The van der Waals surface area contributed by atoms with Gasteiger partial charge < -0.3 is 5.32 Å². The Bertz CT molecular complexity index is 759. The molecular formula is C18H18FNO2S. The van der Waals surface area contributed by atoms with E-state index < -0.39 is 5.82 Å². The Morgan fingerprint density at radius 1 is 1.13 bits per heavy atom. The highest BCUT2D eigenvalue weighted by Gasteiger charge is 2.10. The first kappa shape index (κ1) is 17.2. The highest BCUT2D eigenvalue weighted by atomic mass is 32.2. The van der Waals surface area contributed by atoms with Crippen LogP contribution in [0.25, 0.3) is 0 Å². The lowest BCUT2D eigenvalue weighted by Crippen LogP contribution is -2.15. The number of halogens is 1. The maximum Gasteiger partial charge on any atom is 0.234 e. The van der Waals surface area contributed by atoms with Crippen LogP contribution in [0.5, 0.6) is 0 Å². The largest absolute Gasteiger partial charge is 0.325 e. The Kier molecular flexibility index (Phi) is 5.55. The molecule has 0 fully saturated rings. The number of hydrogen-bond acceptors (Lipinski definition) is 3. The van der Waals surface area contributed by atoms with Crippen molar-refractivity contribution in [2.24, 2.45) is 0 Å². The third kappa shape index (κ3) is 4.66. The zero-order valence-corrected chi connectivity index (χ0v) is 14.1. The normalized spacial score (nSPS) is 10.4. The lowest BCUT2D eigenvalue weighted by Gasteiger charge is -2.09. The van der Waals surface area contributed by atoms with Crippen LogP contribution in [0.15, 0.2) is 41.3 Å². The zero-order chi connectivity index (χ0) is 17.0. The fraction of sp³-hybridized carbons (Fsp3) is 0.222. The average molecular weight is 331 g/mol. The molecule has 0 aliphatic rings. The number of aryl methyl sites for hydroxylation is 2. The van der Waals surface area contributed by atoms with E-state index in [0.29, 0.717) is 10.5 Å². The number of nitrogens with one attached hydrogen (secondary N) is 1. The number of carbonyl (C=O) groups is 2. The number of anilines is 1. The molecule has 2 aromatic rings. The molecule has 0 aromatic heterocycles. The molecule has 2 rings (SSSR count). The van der Waals surface area contributed by atoms with Gasteiger partial charge in [0.1, 0.15) is 5.82 Å². The van der Waals surface area contributed by atoms with Crippen LogP contribution < -0.4 is 5.32 Å². The maximum absolute atomic E-state index is 13.9. The monoisotopic (exact) mass is 331 g/mol. The molecule has 0 heterocycles. The molecule has 0 radical (unpaired) electrons. The molecule has 1 N–H and O–H groups in total. The first-order valence-corrected chi connectivity index (χ1v) is 8.16. The van der Waals surface area contributed by atoms with E-state index in [-0.39, 0.29) is 17.4 Å². The van der Waals surface area contributed by atoms with E-state index in [2.05, 4.69) is 5.32 Å². The van der Waals surface area contributed by atoms with Crippen LogP contribution in [0, 0.1) is 19.7 Å². The Morgan fingerprint density at radius 2 is 1.87 bits per heavy atom. The Hall–Kier alpha value is -2.14. The molecule has 5 heteroatoms. The molecule has 0 aliphatic heterocycles. The minimum absolute atomic E-state index is 0.101. The molecule has 0 bridgehead atoms. The van der Waals surface area contributed by atoms with Crippen LogP contribution >= 0.6 is 11.8 Å². The van der Waals surface area contributed by atoms with Gasteiger partial charge in [-0.3, -0.25) is 9.59 Å². The molecule has 0 saturated carbocycles. The number of carbonyl (C=O) groups excluding carboxylic acids is 2. The van der Waals surface area contributed by atoms with Crippen LogP contribution in [0.4, 0.5) is 10.1 Å². The fourth-order valence-corrected chi connectivity index (χ4v) is 2.76. The summed E-state index contributed by atoms with van der Waals surface area (Å²) in [5.74, 6) is -0.766. The van der Waals surface area contributed by atoms with Crippen molar-refractivity contribution < 1.29 is 14.0 Å². The lowest BCUT2D eigenvalue weighted by atomic mass is 10.1. The molecule has 3 nitrogen and oxygen atoms in total. The van der Waals surface area contributed by atoms with Gasteiger partial charge in [-0.2, -0.15) is 0 Å². The molecule has 2 aromatic carbocycles. The van der Waals surface area contributed by atoms with E-state index in [4.69, 9.17) is 0 Å². The van der Waals surface area contributed by atoms with Gasteiger partial charge in [0, 0.05) is 16.1 Å². The van der Waals surface area contributed by atoms with Gasteiger partial charge in [0.05, 0.1) is 5.75 Å². The molecule has 0 unspecified atom stereocenters. The summed E-state index contributed by atoms with van der Waals surface area (Å²) in [6.07, 6.45) is 0. The lowest BCUT2D eigenvalue weighted by molar-refractivity contribution is -0.113. The molecule has 0 atom stereocenters. The Balaban J connectivity index is 1.99. The standard InChI is InChI=1S/C18H18FNO2S/c1-11-4-5-12(2)16(8-11)20-18(22)10-23-17-7-6-14(13(3)21)9-15(17)19/h4-9H,10H2,1-3H3,(H,20,22). The van der Waals surface area contributed by atoms with Crippen molar-refractivity contribution in [2.75, 3.05) is 11.1 Å². The van der Waals surface area contributed by atoms with Gasteiger partial charge >= 0.3 is 0 Å². The van der Waals surface area contributed by atoms with E-state index in [9.17, 15) is 14.0 Å². The average Bonchev–Trinajstić information content (AvgIpc) is 2.49. The zero-order valence-electron chi connectivity index (χ0n) is 13.3. The molecule has 0 saturated heterocycles. The maximum atomic E-state index is 13.9. The van der Waals surface area contributed by atoms with Crippen LogP contribution in [0.2, 0.25) is 0 Å². The smallest absolute Gasteiger partial charge is 0.234 e. The number of amides is 1. The SMILES string of the molecule is CC(=O)c1ccc(SCC(=O)Nc2cc(C)ccc2C)c(F)c1. The first-order chi connectivity index (χ1) is 10.9. The van der Waals surface area contributed by atoms with Crippen LogP contribution in [-0.2, 0) is 4.79 Å². The van der Waals surface area contributed by atoms with Gasteiger partial charge in [-0.15, -0.1) is 11.8 Å². The summed E-state index contributed by atoms with van der Waals surface area (Å²) in [5.41, 5.74) is 3.13. The summed E-state index contributed by atoms with van der Waals surface area (Å²) in [5, 5.41) is 2.83. The fourth-order valence-electron chi connectivity index (χ4n) is 2.04. The Labute approximate surface area is 139 Å². The highest BCUT2D eigenvalue weighted by Crippen LogP contribution is 2.23.